The molecule has 1 heterocycles. The maximum Gasteiger partial charge on any atom is 0.197 e. The Morgan fingerprint density at radius 1 is 1.05 bits per heavy atom. The van der Waals surface area contributed by atoms with Crippen molar-refractivity contribution in [1.29, 1.82) is 0 Å². The van der Waals surface area contributed by atoms with Gasteiger partial charge < -0.3 is 9.73 Å². The molecule has 100 valence electrons. The molecule has 0 saturated carbocycles. The zero-order chi connectivity index (χ0) is 13.9. The highest BCUT2D eigenvalue weighted by Gasteiger charge is 2.06. The fraction of sp³-hybridized carbons (Fsp3) is 0.0625. The lowest BCUT2D eigenvalue weighted by Gasteiger charge is -2.06. The maximum atomic E-state index is 12.8. The molecule has 4 heteroatoms. The highest BCUT2D eigenvalue weighted by Crippen LogP contribution is 2.12. The summed E-state index contributed by atoms with van der Waals surface area (Å²) in [5.74, 6) is -0.291. The Kier molecular flexibility index (Phi) is 3.21. The van der Waals surface area contributed by atoms with Crippen LogP contribution in [0.1, 0.15) is 5.56 Å². The van der Waals surface area contributed by atoms with Gasteiger partial charge in [0.1, 0.15) is 11.4 Å². The van der Waals surface area contributed by atoms with Gasteiger partial charge in [0.15, 0.2) is 5.43 Å². The summed E-state index contributed by atoms with van der Waals surface area (Å²) >= 11 is 0. The number of hydrogen-bond acceptors (Lipinski definition) is 3. The Hall–Kier alpha value is -2.62. The molecule has 0 fully saturated rings. The third-order valence-corrected chi connectivity index (χ3v) is 3.08. The van der Waals surface area contributed by atoms with Crippen molar-refractivity contribution in [3.05, 3.63) is 76.4 Å². The highest BCUT2D eigenvalue weighted by atomic mass is 19.1. The Bertz CT molecular complexity index is 793. The Morgan fingerprint density at radius 2 is 1.80 bits per heavy atom. The van der Waals surface area contributed by atoms with E-state index in [1.165, 1.54) is 18.4 Å². The van der Waals surface area contributed by atoms with Gasteiger partial charge in [-0.15, -0.1) is 0 Å². The summed E-state index contributed by atoms with van der Waals surface area (Å²) in [5, 5.41) is 3.63. The standard InChI is InChI=1S/C16H12FNO2/c17-12-5-7-13(8-6-12)18-9-11-10-20-15-4-2-1-3-14(15)16(11)19/h1-8,10,18H,9H2. The van der Waals surface area contributed by atoms with E-state index in [0.717, 1.165) is 5.69 Å². The molecule has 0 saturated heterocycles. The van der Waals surface area contributed by atoms with Gasteiger partial charge in [0.2, 0.25) is 0 Å². The second-order valence-corrected chi connectivity index (χ2v) is 4.45. The van der Waals surface area contributed by atoms with Gasteiger partial charge in [0.25, 0.3) is 0 Å². The fourth-order valence-electron chi connectivity index (χ4n) is 2.01. The van der Waals surface area contributed by atoms with Crippen molar-refractivity contribution in [2.24, 2.45) is 0 Å². The second kappa shape index (κ2) is 5.17. The predicted octanol–water partition coefficient (Wildman–Crippen LogP) is 3.54. The molecule has 0 amide bonds. The van der Waals surface area contributed by atoms with Crippen LogP contribution in [0.25, 0.3) is 11.0 Å². The fourth-order valence-corrected chi connectivity index (χ4v) is 2.01. The van der Waals surface area contributed by atoms with E-state index in [1.54, 1.807) is 30.3 Å². The quantitative estimate of drug-likeness (QED) is 0.790. The number of halogens is 1. The van der Waals surface area contributed by atoms with E-state index in [2.05, 4.69) is 5.32 Å². The van der Waals surface area contributed by atoms with Crippen molar-refractivity contribution in [3.63, 3.8) is 0 Å². The Labute approximate surface area is 114 Å². The van der Waals surface area contributed by atoms with E-state index in [9.17, 15) is 9.18 Å². The lowest BCUT2D eigenvalue weighted by molar-refractivity contribution is 0.594. The molecular weight excluding hydrogens is 257 g/mol. The molecule has 20 heavy (non-hydrogen) atoms. The highest BCUT2D eigenvalue weighted by molar-refractivity contribution is 5.76. The summed E-state index contributed by atoms with van der Waals surface area (Å²) in [5.41, 5.74) is 1.80. The zero-order valence-electron chi connectivity index (χ0n) is 10.6. The summed E-state index contributed by atoms with van der Waals surface area (Å²) in [6, 6.07) is 13.1. The summed E-state index contributed by atoms with van der Waals surface area (Å²) in [4.78, 5) is 12.2. The van der Waals surface area contributed by atoms with Crippen LogP contribution in [-0.4, -0.2) is 0 Å². The second-order valence-electron chi connectivity index (χ2n) is 4.45. The van der Waals surface area contributed by atoms with Crippen LogP contribution >= 0.6 is 0 Å². The van der Waals surface area contributed by atoms with Crippen LogP contribution in [0.3, 0.4) is 0 Å². The largest absolute Gasteiger partial charge is 0.464 e. The van der Waals surface area contributed by atoms with Crippen LogP contribution in [0, 0.1) is 5.82 Å². The van der Waals surface area contributed by atoms with Crippen molar-refractivity contribution >= 4 is 16.7 Å². The molecule has 0 atom stereocenters. The first-order valence-corrected chi connectivity index (χ1v) is 6.23. The van der Waals surface area contributed by atoms with E-state index in [0.29, 0.717) is 23.1 Å². The van der Waals surface area contributed by atoms with Crippen LogP contribution in [0.2, 0.25) is 0 Å². The predicted molar refractivity (Wildman–Crippen MR) is 76.2 cm³/mol. The molecule has 0 aliphatic heterocycles. The van der Waals surface area contributed by atoms with Gasteiger partial charge in [0.05, 0.1) is 17.2 Å². The molecule has 3 nitrogen and oxygen atoms in total. The summed E-state index contributed by atoms with van der Waals surface area (Å²) in [6.45, 7) is 0.332. The van der Waals surface area contributed by atoms with Gasteiger partial charge in [-0.1, -0.05) is 12.1 Å². The Balaban J connectivity index is 1.86. The van der Waals surface area contributed by atoms with Crippen molar-refractivity contribution in [1.82, 2.24) is 0 Å². The first kappa shape index (κ1) is 12.4. The molecule has 0 radical (unpaired) electrons. The van der Waals surface area contributed by atoms with Crippen molar-refractivity contribution in [2.45, 2.75) is 6.54 Å². The first-order valence-electron chi connectivity index (χ1n) is 6.23. The average molecular weight is 269 g/mol. The van der Waals surface area contributed by atoms with E-state index < -0.39 is 0 Å². The lowest BCUT2D eigenvalue weighted by atomic mass is 10.1. The average Bonchev–Trinajstić information content (AvgIpc) is 2.49. The molecule has 0 spiro atoms. The minimum Gasteiger partial charge on any atom is -0.464 e. The van der Waals surface area contributed by atoms with Gasteiger partial charge in [0, 0.05) is 12.2 Å². The molecule has 2 aromatic carbocycles. The van der Waals surface area contributed by atoms with Gasteiger partial charge in [-0.25, -0.2) is 4.39 Å². The summed E-state index contributed by atoms with van der Waals surface area (Å²) in [7, 11) is 0. The smallest absolute Gasteiger partial charge is 0.197 e. The van der Waals surface area contributed by atoms with Crippen LogP contribution in [0.15, 0.2) is 64.0 Å². The SMILES string of the molecule is O=c1c(CNc2ccc(F)cc2)coc2ccccc12. The molecule has 1 aromatic heterocycles. The van der Waals surface area contributed by atoms with Crippen LogP contribution < -0.4 is 10.7 Å². The summed E-state index contributed by atoms with van der Waals surface area (Å²) < 4.78 is 18.2. The molecule has 0 bridgehead atoms. The molecule has 0 aliphatic rings. The molecular formula is C16H12FNO2. The number of para-hydroxylation sites is 1. The van der Waals surface area contributed by atoms with Gasteiger partial charge in [-0.3, -0.25) is 4.79 Å². The number of hydrogen-bond donors (Lipinski definition) is 1. The number of benzene rings is 2. The van der Waals surface area contributed by atoms with Gasteiger partial charge >= 0.3 is 0 Å². The topological polar surface area (TPSA) is 42.2 Å². The first-order chi connectivity index (χ1) is 9.74. The molecule has 0 aliphatic carbocycles. The number of nitrogens with one attached hydrogen (secondary N) is 1. The van der Waals surface area contributed by atoms with Crippen LogP contribution in [0.5, 0.6) is 0 Å². The molecule has 3 rings (SSSR count). The number of fused-ring (bicyclic) bond motifs is 1. The van der Waals surface area contributed by atoms with Gasteiger partial charge in [-0.2, -0.15) is 0 Å². The number of anilines is 1. The molecule has 1 N–H and O–H groups in total. The van der Waals surface area contributed by atoms with Crippen molar-refractivity contribution < 1.29 is 8.81 Å². The minimum absolute atomic E-state index is 0.0542. The van der Waals surface area contributed by atoms with E-state index in [-0.39, 0.29) is 11.2 Å². The van der Waals surface area contributed by atoms with E-state index >= 15 is 0 Å². The normalized spacial score (nSPS) is 10.7. The van der Waals surface area contributed by atoms with Crippen LogP contribution in [0.4, 0.5) is 10.1 Å². The van der Waals surface area contributed by atoms with E-state index in [4.69, 9.17) is 4.42 Å². The van der Waals surface area contributed by atoms with Gasteiger partial charge in [-0.05, 0) is 36.4 Å². The molecule has 3 aromatic rings. The van der Waals surface area contributed by atoms with E-state index in [1.807, 2.05) is 6.07 Å². The number of rotatable bonds is 3. The Morgan fingerprint density at radius 3 is 2.60 bits per heavy atom. The maximum absolute atomic E-state index is 12.8. The zero-order valence-corrected chi connectivity index (χ0v) is 10.6. The summed E-state index contributed by atoms with van der Waals surface area (Å²) in [6.07, 6.45) is 1.46. The molecule has 0 unspecified atom stereocenters. The van der Waals surface area contributed by atoms with Crippen molar-refractivity contribution in [2.75, 3.05) is 5.32 Å². The van der Waals surface area contributed by atoms with Crippen LogP contribution in [-0.2, 0) is 6.54 Å². The monoisotopic (exact) mass is 269 g/mol. The lowest BCUT2D eigenvalue weighted by Crippen LogP contribution is -2.12. The van der Waals surface area contributed by atoms with Crippen molar-refractivity contribution in [3.8, 4) is 0 Å². The third kappa shape index (κ3) is 2.40. The third-order valence-electron chi connectivity index (χ3n) is 3.08. The minimum atomic E-state index is -0.291.